The Morgan fingerprint density at radius 1 is 1.24 bits per heavy atom. The summed E-state index contributed by atoms with van der Waals surface area (Å²) in [5, 5.41) is 0. The van der Waals surface area contributed by atoms with Crippen LogP contribution < -0.4 is 0 Å². The van der Waals surface area contributed by atoms with Crippen LogP contribution in [-0.4, -0.2) is 42.1 Å². The molecule has 0 bridgehead atoms. The minimum Gasteiger partial charge on any atom is -0.378 e. The summed E-state index contributed by atoms with van der Waals surface area (Å²) in [7, 11) is 0. The molecule has 1 aromatic heterocycles. The third-order valence-electron chi connectivity index (χ3n) is 3.42. The maximum absolute atomic E-state index is 14.2. The number of aromatic nitrogens is 1. The summed E-state index contributed by atoms with van der Waals surface area (Å²) in [5.74, 6) is -0.961. The fourth-order valence-corrected chi connectivity index (χ4v) is 2.34. The molecule has 21 heavy (non-hydrogen) atoms. The maximum Gasteiger partial charge on any atom is 0.257 e. The molecule has 0 atom stereocenters. The fraction of sp³-hybridized carbons (Fsp3) is 0.250. The van der Waals surface area contributed by atoms with Crippen molar-refractivity contribution in [2.45, 2.75) is 0 Å². The topological polar surface area (TPSA) is 42.4 Å². The van der Waals surface area contributed by atoms with Crippen molar-refractivity contribution in [2.24, 2.45) is 0 Å². The zero-order valence-electron chi connectivity index (χ0n) is 11.4. The molecule has 1 saturated heterocycles. The first kappa shape index (κ1) is 13.7. The van der Waals surface area contributed by atoms with Gasteiger partial charge in [0.15, 0.2) is 5.82 Å². The number of morpholine rings is 1. The first-order valence-corrected chi connectivity index (χ1v) is 6.76. The Labute approximate surface area is 122 Å². The van der Waals surface area contributed by atoms with E-state index in [1.807, 2.05) is 30.3 Å². The van der Waals surface area contributed by atoms with Crippen molar-refractivity contribution in [2.75, 3.05) is 26.3 Å². The molecule has 1 aliphatic heterocycles. The van der Waals surface area contributed by atoms with Crippen molar-refractivity contribution >= 4 is 5.91 Å². The van der Waals surface area contributed by atoms with E-state index in [2.05, 4.69) is 11.2 Å². The Balaban J connectivity index is 2.03. The second-order valence-corrected chi connectivity index (χ2v) is 4.74. The highest BCUT2D eigenvalue weighted by Crippen LogP contribution is 2.25. The Morgan fingerprint density at radius 2 is 1.95 bits per heavy atom. The van der Waals surface area contributed by atoms with Gasteiger partial charge in [-0.3, -0.25) is 9.78 Å². The number of carbonyl (C=O) groups is 1. The monoisotopic (exact) mass is 285 g/mol. The maximum atomic E-state index is 14.2. The standard InChI is InChI=1S/C16H14FN2O2/c17-14-11-18-10-13(12-4-2-1-3-5-12)15(14)16(20)19-6-8-21-9-7-19/h1-5,11H,6-9H2. The lowest BCUT2D eigenvalue weighted by Crippen LogP contribution is -2.41. The van der Waals surface area contributed by atoms with Crippen molar-refractivity contribution in [3.8, 4) is 11.1 Å². The molecular formula is C16H14FN2O2. The molecule has 1 fully saturated rings. The van der Waals surface area contributed by atoms with Gasteiger partial charge in [-0.25, -0.2) is 4.39 Å². The number of benzene rings is 1. The van der Waals surface area contributed by atoms with Crippen LogP contribution in [0.15, 0.2) is 36.5 Å². The summed E-state index contributed by atoms with van der Waals surface area (Å²) < 4.78 is 19.4. The minimum absolute atomic E-state index is 0.0260. The largest absolute Gasteiger partial charge is 0.378 e. The van der Waals surface area contributed by atoms with Gasteiger partial charge < -0.3 is 9.64 Å². The number of ether oxygens (including phenoxy) is 1. The Morgan fingerprint density at radius 3 is 2.67 bits per heavy atom. The van der Waals surface area contributed by atoms with Crippen LogP contribution in [0.4, 0.5) is 4.39 Å². The number of hydrogen-bond acceptors (Lipinski definition) is 3. The Hall–Kier alpha value is -2.27. The lowest BCUT2D eigenvalue weighted by Gasteiger charge is -2.27. The zero-order chi connectivity index (χ0) is 14.7. The third-order valence-corrected chi connectivity index (χ3v) is 3.42. The third kappa shape index (κ3) is 2.78. The molecule has 5 heteroatoms. The van der Waals surface area contributed by atoms with Crippen LogP contribution in [0.5, 0.6) is 0 Å². The van der Waals surface area contributed by atoms with E-state index in [0.717, 1.165) is 11.8 Å². The molecule has 107 valence electrons. The summed E-state index contributed by atoms with van der Waals surface area (Å²) in [4.78, 5) is 18.0. The van der Waals surface area contributed by atoms with Crippen molar-refractivity contribution in [1.82, 2.24) is 9.88 Å². The molecule has 4 nitrogen and oxygen atoms in total. The molecule has 1 aromatic carbocycles. The van der Waals surface area contributed by atoms with Crippen molar-refractivity contribution < 1.29 is 13.9 Å². The van der Waals surface area contributed by atoms with Gasteiger partial charge in [-0.15, -0.1) is 0 Å². The zero-order valence-corrected chi connectivity index (χ0v) is 11.4. The van der Waals surface area contributed by atoms with E-state index in [-0.39, 0.29) is 11.5 Å². The SMILES string of the molecule is O=C(c1c(-c2ccccc2)[c]ncc1F)N1CCOCC1. The average Bonchev–Trinajstić information content (AvgIpc) is 2.55. The molecular weight excluding hydrogens is 271 g/mol. The van der Waals surface area contributed by atoms with E-state index in [1.54, 1.807) is 4.90 Å². The molecule has 1 radical (unpaired) electrons. The van der Waals surface area contributed by atoms with Gasteiger partial charge in [0.25, 0.3) is 5.91 Å². The van der Waals surface area contributed by atoms with Gasteiger partial charge in [0.1, 0.15) is 0 Å². The van der Waals surface area contributed by atoms with Crippen LogP contribution >= 0.6 is 0 Å². The van der Waals surface area contributed by atoms with Crippen molar-refractivity contribution in [3.05, 3.63) is 54.1 Å². The predicted octanol–water partition coefficient (Wildman–Crippen LogP) is 2.16. The summed E-state index contributed by atoms with van der Waals surface area (Å²) in [5.41, 5.74) is 1.14. The normalized spacial score (nSPS) is 15.0. The van der Waals surface area contributed by atoms with E-state index in [1.165, 1.54) is 0 Å². The first-order valence-electron chi connectivity index (χ1n) is 6.76. The second-order valence-electron chi connectivity index (χ2n) is 4.74. The molecule has 0 N–H and O–H groups in total. The first-order chi connectivity index (χ1) is 10.3. The highest BCUT2D eigenvalue weighted by molar-refractivity contribution is 6.00. The van der Waals surface area contributed by atoms with Crippen LogP contribution in [0.1, 0.15) is 10.4 Å². The summed E-state index contributed by atoms with van der Waals surface area (Å²) in [6.45, 7) is 1.88. The molecule has 2 aromatic rings. The number of pyridine rings is 1. The van der Waals surface area contributed by atoms with Crippen LogP contribution in [-0.2, 0) is 4.74 Å². The van der Waals surface area contributed by atoms with E-state index in [0.29, 0.717) is 31.9 Å². The molecule has 0 unspecified atom stereocenters. The van der Waals surface area contributed by atoms with E-state index < -0.39 is 5.82 Å². The van der Waals surface area contributed by atoms with Crippen LogP contribution in [0.25, 0.3) is 11.1 Å². The lowest BCUT2D eigenvalue weighted by atomic mass is 10.0. The van der Waals surface area contributed by atoms with Gasteiger partial charge in [0, 0.05) is 18.7 Å². The minimum atomic E-state index is -0.621. The average molecular weight is 285 g/mol. The van der Waals surface area contributed by atoms with Gasteiger partial charge in [0.2, 0.25) is 0 Å². The molecule has 0 saturated carbocycles. The fourth-order valence-electron chi connectivity index (χ4n) is 2.34. The highest BCUT2D eigenvalue weighted by Gasteiger charge is 2.25. The number of nitrogens with zero attached hydrogens (tertiary/aromatic N) is 2. The quantitative estimate of drug-likeness (QED) is 0.849. The highest BCUT2D eigenvalue weighted by atomic mass is 19.1. The number of carbonyl (C=O) groups excluding carboxylic acids is 1. The smallest absolute Gasteiger partial charge is 0.257 e. The molecule has 3 rings (SSSR count). The van der Waals surface area contributed by atoms with Gasteiger partial charge >= 0.3 is 0 Å². The van der Waals surface area contributed by atoms with Gasteiger partial charge in [-0.2, -0.15) is 0 Å². The number of halogens is 1. The molecule has 2 heterocycles. The van der Waals surface area contributed by atoms with Crippen LogP contribution in [0.3, 0.4) is 0 Å². The van der Waals surface area contributed by atoms with Crippen LogP contribution in [0.2, 0.25) is 0 Å². The summed E-state index contributed by atoms with van der Waals surface area (Å²) >= 11 is 0. The van der Waals surface area contributed by atoms with E-state index in [9.17, 15) is 9.18 Å². The summed E-state index contributed by atoms with van der Waals surface area (Å²) in [6.07, 6.45) is 3.77. The molecule has 1 aliphatic rings. The van der Waals surface area contributed by atoms with Crippen LogP contribution in [0, 0.1) is 12.0 Å². The molecule has 0 aliphatic carbocycles. The Bertz CT molecular complexity index is 640. The number of rotatable bonds is 2. The number of amides is 1. The number of hydrogen-bond donors (Lipinski definition) is 0. The van der Waals surface area contributed by atoms with Gasteiger partial charge in [-0.05, 0) is 5.56 Å². The molecule has 1 amide bonds. The molecule has 0 spiro atoms. The van der Waals surface area contributed by atoms with E-state index in [4.69, 9.17) is 4.74 Å². The van der Waals surface area contributed by atoms with Gasteiger partial charge in [0.05, 0.1) is 31.2 Å². The predicted molar refractivity (Wildman–Crippen MR) is 75.2 cm³/mol. The lowest BCUT2D eigenvalue weighted by molar-refractivity contribution is 0.0300. The van der Waals surface area contributed by atoms with Crippen molar-refractivity contribution in [3.63, 3.8) is 0 Å². The Kier molecular flexibility index (Phi) is 3.92. The van der Waals surface area contributed by atoms with Crippen molar-refractivity contribution in [1.29, 1.82) is 0 Å². The second kappa shape index (κ2) is 6.01. The van der Waals surface area contributed by atoms with Gasteiger partial charge in [-0.1, -0.05) is 30.3 Å². The van der Waals surface area contributed by atoms with E-state index >= 15 is 0 Å². The summed E-state index contributed by atoms with van der Waals surface area (Å²) in [6, 6.07) is 9.14.